The van der Waals surface area contributed by atoms with Gasteiger partial charge in [-0.1, -0.05) is 47.5 Å². The minimum Gasteiger partial charge on any atom is -0.368 e. The third kappa shape index (κ3) is 5.79. The number of anilines is 2. The Hall–Kier alpha value is -3.82. The summed E-state index contributed by atoms with van der Waals surface area (Å²) in [5.74, 6) is -0.218. The molecule has 0 unspecified atom stereocenters. The lowest BCUT2D eigenvalue weighted by atomic mass is 10.1. The number of hydrogen-bond acceptors (Lipinski definition) is 7. The quantitative estimate of drug-likeness (QED) is 0.457. The van der Waals surface area contributed by atoms with E-state index in [1.807, 2.05) is 42.5 Å². The first-order valence-electron chi connectivity index (χ1n) is 12.8. The van der Waals surface area contributed by atoms with Gasteiger partial charge in [-0.05, 0) is 30.3 Å². The van der Waals surface area contributed by atoms with E-state index in [-0.39, 0.29) is 16.6 Å². The van der Waals surface area contributed by atoms with Gasteiger partial charge in [0.1, 0.15) is 17.8 Å². The number of aromatic nitrogens is 1. The topological polar surface area (TPSA) is 90.5 Å². The average molecular weight is 560 g/mol. The number of piperazine rings is 2. The molecular formula is C29H27Cl2N7O. The number of hydrogen-bond donors (Lipinski definition) is 0. The second-order valence-electron chi connectivity index (χ2n) is 9.55. The zero-order valence-corrected chi connectivity index (χ0v) is 22.9. The van der Waals surface area contributed by atoms with Crippen LogP contribution in [-0.2, 0) is 6.54 Å². The molecule has 2 aromatic carbocycles. The van der Waals surface area contributed by atoms with Crippen LogP contribution in [0.1, 0.15) is 27.3 Å². The van der Waals surface area contributed by atoms with Crippen molar-refractivity contribution in [1.82, 2.24) is 14.8 Å². The van der Waals surface area contributed by atoms with Gasteiger partial charge in [0.05, 0.1) is 38.2 Å². The van der Waals surface area contributed by atoms with Crippen molar-refractivity contribution in [2.24, 2.45) is 0 Å². The Morgan fingerprint density at radius 2 is 1.28 bits per heavy atom. The molecule has 1 amide bonds. The van der Waals surface area contributed by atoms with Crippen LogP contribution in [0.25, 0.3) is 0 Å². The highest BCUT2D eigenvalue weighted by Crippen LogP contribution is 2.27. The summed E-state index contributed by atoms with van der Waals surface area (Å²) in [4.78, 5) is 26.4. The van der Waals surface area contributed by atoms with Crippen LogP contribution in [0, 0.1) is 22.7 Å². The third-order valence-electron chi connectivity index (χ3n) is 7.25. The predicted octanol–water partition coefficient (Wildman–Crippen LogP) is 4.42. The molecule has 8 nitrogen and oxygen atoms in total. The molecule has 0 spiro atoms. The normalized spacial score (nSPS) is 16.1. The van der Waals surface area contributed by atoms with Crippen LogP contribution in [0.15, 0.2) is 54.6 Å². The van der Waals surface area contributed by atoms with Crippen LogP contribution >= 0.6 is 23.2 Å². The summed E-state index contributed by atoms with van der Waals surface area (Å²) in [5, 5.41) is 19.5. The Bertz CT molecular complexity index is 1450. The van der Waals surface area contributed by atoms with Gasteiger partial charge in [-0.25, -0.2) is 4.98 Å². The van der Waals surface area contributed by atoms with Gasteiger partial charge in [0.25, 0.3) is 5.91 Å². The third-order valence-corrected chi connectivity index (χ3v) is 7.86. The SMILES string of the molecule is N#Cc1ccccc1N1CCN(Cc2nc(C(=O)N3CCN(c4ccccc4C#N)CC3)c(Cl)cc2Cl)CC1. The van der Waals surface area contributed by atoms with E-state index in [0.29, 0.717) is 54.6 Å². The van der Waals surface area contributed by atoms with E-state index in [9.17, 15) is 15.3 Å². The van der Waals surface area contributed by atoms with Gasteiger partial charge >= 0.3 is 0 Å². The average Bonchev–Trinajstić information content (AvgIpc) is 2.98. The van der Waals surface area contributed by atoms with Crippen molar-refractivity contribution in [3.63, 3.8) is 0 Å². The summed E-state index contributed by atoms with van der Waals surface area (Å²) in [6, 6.07) is 21.3. The van der Waals surface area contributed by atoms with Gasteiger partial charge in [-0.15, -0.1) is 0 Å². The Kier molecular flexibility index (Phi) is 8.18. The molecule has 198 valence electrons. The van der Waals surface area contributed by atoms with Gasteiger partial charge in [0.15, 0.2) is 0 Å². The van der Waals surface area contributed by atoms with E-state index in [0.717, 1.165) is 37.6 Å². The van der Waals surface area contributed by atoms with E-state index >= 15 is 0 Å². The number of benzene rings is 2. The molecule has 3 heterocycles. The number of nitriles is 2. The molecule has 10 heteroatoms. The van der Waals surface area contributed by atoms with Crippen LogP contribution in [0.5, 0.6) is 0 Å². The molecule has 0 aliphatic carbocycles. The molecule has 0 atom stereocenters. The molecule has 3 aromatic rings. The van der Waals surface area contributed by atoms with E-state index in [2.05, 4.69) is 31.8 Å². The Morgan fingerprint density at radius 1 is 0.769 bits per heavy atom. The first kappa shape index (κ1) is 26.8. The van der Waals surface area contributed by atoms with Crippen LogP contribution in [0.3, 0.4) is 0 Å². The minimum atomic E-state index is -0.218. The predicted molar refractivity (Wildman–Crippen MR) is 152 cm³/mol. The summed E-state index contributed by atoms with van der Waals surface area (Å²) in [5.41, 5.74) is 3.96. The Balaban J connectivity index is 1.23. The first-order chi connectivity index (χ1) is 19.0. The van der Waals surface area contributed by atoms with E-state index in [1.54, 1.807) is 17.0 Å². The van der Waals surface area contributed by atoms with Crippen molar-refractivity contribution in [1.29, 1.82) is 10.5 Å². The van der Waals surface area contributed by atoms with Crippen LogP contribution in [-0.4, -0.2) is 73.0 Å². The molecular weight excluding hydrogens is 533 g/mol. The van der Waals surface area contributed by atoms with Gasteiger partial charge in [0.2, 0.25) is 0 Å². The lowest BCUT2D eigenvalue weighted by molar-refractivity contribution is 0.0740. The second-order valence-corrected chi connectivity index (χ2v) is 10.4. The van der Waals surface area contributed by atoms with Crippen LogP contribution in [0.4, 0.5) is 11.4 Å². The van der Waals surface area contributed by atoms with Crippen LogP contribution < -0.4 is 9.80 Å². The second kappa shape index (κ2) is 11.9. The van der Waals surface area contributed by atoms with Gasteiger partial charge in [0, 0.05) is 58.9 Å². The molecule has 5 rings (SSSR count). The lowest BCUT2D eigenvalue weighted by Crippen LogP contribution is -2.49. The number of carbonyl (C=O) groups excluding carboxylic acids is 1. The van der Waals surface area contributed by atoms with Crippen molar-refractivity contribution in [2.45, 2.75) is 6.54 Å². The monoisotopic (exact) mass is 559 g/mol. The molecule has 39 heavy (non-hydrogen) atoms. The van der Waals surface area contributed by atoms with Crippen molar-refractivity contribution in [3.8, 4) is 12.1 Å². The standard InChI is InChI=1S/C29H27Cl2N7O/c30-23-17-24(31)28(29(39)38-15-13-37(14-16-38)27-8-4-2-6-22(27)19-33)34-25(23)20-35-9-11-36(12-10-35)26-7-3-1-5-21(26)18-32/h1-8,17H,9-16,20H2. The molecule has 0 radical (unpaired) electrons. The fourth-order valence-electron chi connectivity index (χ4n) is 5.11. The van der Waals surface area contributed by atoms with Crippen LogP contribution in [0.2, 0.25) is 10.0 Å². The summed E-state index contributed by atoms with van der Waals surface area (Å²) < 4.78 is 0. The molecule has 2 saturated heterocycles. The van der Waals surface area contributed by atoms with Gasteiger partial charge in [-0.3, -0.25) is 9.69 Å². The molecule has 1 aromatic heterocycles. The fourth-order valence-corrected chi connectivity index (χ4v) is 5.61. The zero-order chi connectivity index (χ0) is 27.4. The Labute approximate surface area is 238 Å². The number of nitrogens with zero attached hydrogens (tertiary/aromatic N) is 7. The van der Waals surface area contributed by atoms with Crippen molar-refractivity contribution >= 4 is 40.5 Å². The smallest absolute Gasteiger partial charge is 0.274 e. The first-order valence-corrected chi connectivity index (χ1v) is 13.6. The Morgan fingerprint density at radius 3 is 1.82 bits per heavy atom. The number of amides is 1. The maximum Gasteiger partial charge on any atom is 0.274 e. The molecule has 0 bridgehead atoms. The number of pyridine rings is 1. The van der Waals surface area contributed by atoms with E-state index in [4.69, 9.17) is 23.2 Å². The largest absolute Gasteiger partial charge is 0.368 e. The summed E-state index contributed by atoms with van der Waals surface area (Å²) in [6.45, 7) is 5.82. The maximum atomic E-state index is 13.4. The highest BCUT2D eigenvalue weighted by atomic mass is 35.5. The lowest BCUT2D eigenvalue weighted by Gasteiger charge is -2.37. The minimum absolute atomic E-state index is 0.212. The molecule has 0 N–H and O–H groups in total. The van der Waals surface area contributed by atoms with Gasteiger partial charge < -0.3 is 14.7 Å². The molecule has 2 aliphatic rings. The number of halogens is 2. The van der Waals surface area contributed by atoms with E-state index in [1.165, 1.54) is 0 Å². The van der Waals surface area contributed by atoms with Gasteiger partial charge in [-0.2, -0.15) is 10.5 Å². The molecule has 2 fully saturated rings. The fraction of sp³-hybridized carbons (Fsp3) is 0.310. The van der Waals surface area contributed by atoms with Crippen molar-refractivity contribution in [3.05, 3.63) is 87.2 Å². The highest BCUT2D eigenvalue weighted by molar-refractivity contribution is 6.36. The molecule has 0 saturated carbocycles. The van der Waals surface area contributed by atoms with Crippen molar-refractivity contribution in [2.75, 3.05) is 62.2 Å². The summed E-state index contributed by atoms with van der Waals surface area (Å²) >= 11 is 13.0. The number of para-hydroxylation sites is 2. The van der Waals surface area contributed by atoms with E-state index < -0.39 is 0 Å². The highest BCUT2D eigenvalue weighted by Gasteiger charge is 2.27. The van der Waals surface area contributed by atoms with Crippen molar-refractivity contribution < 1.29 is 4.79 Å². The maximum absolute atomic E-state index is 13.4. The summed E-state index contributed by atoms with van der Waals surface area (Å²) in [6.07, 6.45) is 0. The summed E-state index contributed by atoms with van der Waals surface area (Å²) in [7, 11) is 0. The molecule has 2 aliphatic heterocycles. The number of carbonyl (C=O) groups is 1. The number of rotatable bonds is 5. The zero-order valence-electron chi connectivity index (χ0n) is 21.4.